The number of nitrogens with zero attached hydrogens (tertiary/aromatic N) is 2. The van der Waals surface area contributed by atoms with E-state index in [9.17, 15) is 0 Å². The monoisotopic (exact) mass is 902 g/mol. The second kappa shape index (κ2) is 18.5. The zero-order valence-electron chi connectivity index (χ0n) is 41.6. The lowest BCUT2D eigenvalue weighted by Crippen LogP contribution is -2.13. The van der Waals surface area contributed by atoms with Gasteiger partial charge in [0.15, 0.2) is 11.2 Å². The highest BCUT2D eigenvalue weighted by atomic mass is 16.3. The second-order valence-electron chi connectivity index (χ2n) is 18.9. The number of para-hydroxylation sites is 5. The van der Waals surface area contributed by atoms with Crippen LogP contribution in [0.4, 0.5) is 34.1 Å². The Morgan fingerprint density at radius 1 is 0.522 bits per heavy atom. The lowest BCUT2D eigenvalue weighted by atomic mass is 9.86. The number of allylic oxidation sites excluding steroid dienone is 3. The van der Waals surface area contributed by atoms with Crippen LogP contribution in [0, 0.1) is 12.8 Å². The smallest absolute Gasteiger partial charge is 0.159 e. The molecule has 0 aliphatic carbocycles. The zero-order valence-corrected chi connectivity index (χ0v) is 41.6. The summed E-state index contributed by atoms with van der Waals surface area (Å²) in [5.41, 5.74) is 17.3. The molecular formula is C65H62N2O2. The van der Waals surface area contributed by atoms with Crippen molar-refractivity contribution in [3.8, 4) is 0 Å². The molecule has 0 saturated heterocycles. The molecule has 10 aromatic rings. The van der Waals surface area contributed by atoms with Crippen molar-refractivity contribution in [2.24, 2.45) is 5.92 Å². The van der Waals surface area contributed by atoms with E-state index in [4.69, 9.17) is 8.83 Å². The Kier molecular flexibility index (Phi) is 12.1. The van der Waals surface area contributed by atoms with E-state index >= 15 is 0 Å². The number of hydrogen-bond acceptors (Lipinski definition) is 4. The molecule has 2 aromatic heterocycles. The molecule has 0 aliphatic heterocycles. The van der Waals surface area contributed by atoms with Gasteiger partial charge in [-0.3, -0.25) is 0 Å². The van der Waals surface area contributed by atoms with Crippen molar-refractivity contribution >= 4 is 106 Å². The Bertz CT molecular complexity index is 3640. The summed E-state index contributed by atoms with van der Waals surface area (Å²) in [5, 5.41) is 8.23. The molecule has 0 saturated carbocycles. The third kappa shape index (κ3) is 7.54. The summed E-state index contributed by atoms with van der Waals surface area (Å²) in [4.78, 5) is 4.86. The molecule has 344 valence electrons. The van der Waals surface area contributed by atoms with E-state index in [0.29, 0.717) is 5.92 Å². The van der Waals surface area contributed by atoms with Crippen LogP contribution >= 0.6 is 0 Å². The molecule has 8 aromatic carbocycles. The zero-order chi connectivity index (χ0) is 48.1. The minimum absolute atomic E-state index is 0.219. The van der Waals surface area contributed by atoms with Gasteiger partial charge >= 0.3 is 0 Å². The van der Waals surface area contributed by atoms with E-state index in [-0.39, 0.29) is 5.92 Å². The fourth-order valence-corrected chi connectivity index (χ4v) is 10.6. The first kappa shape index (κ1) is 45.2. The van der Waals surface area contributed by atoms with Crippen LogP contribution in [0.3, 0.4) is 0 Å². The topological polar surface area (TPSA) is 32.8 Å². The minimum Gasteiger partial charge on any atom is -0.454 e. The van der Waals surface area contributed by atoms with Crippen molar-refractivity contribution in [2.45, 2.75) is 81.1 Å². The lowest BCUT2D eigenvalue weighted by molar-refractivity contribution is 0.588. The van der Waals surface area contributed by atoms with Gasteiger partial charge in [0, 0.05) is 44.0 Å². The van der Waals surface area contributed by atoms with Crippen LogP contribution in [-0.4, -0.2) is 0 Å². The van der Waals surface area contributed by atoms with Crippen LogP contribution < -0.4 is 9.80 Å². The van der Waals surface area contributed by atoms with Crippen molar-refractivity contribution in [3.63, 3.8) is 0 Å². The summed E-state index contributed by atoms with van der Waals surface area (Å²) in [6.45, 7) is 24.5. The SMILES string of the molecule is C=C(c1oc2c(N(c3ccccc3)c3cc(CC)c(C)c4c3ccc3c(CC)cc(N(c5ccccc5)c5cccc6c5oc5c(C(C)C)cccc56)c(/C=C\C)c34)cccc2c1/C=C\C)C(C)C. The van der Waals surface area contributed by atoms with Crippen molar-refractivity contribution < 1.29 is 8.83 Å². The molecule has 4 heteroatoms. The maximum atomic E-state index is 7.09. The molecule has 4 nitrogen and oxygen atoms in total. The molecule has 0 fully saturated rings. The summed E-state index contributed by atoms with van der Waals surface area (Å²) < 4.78 is 14.1. The second-order valence-corrected chi connectivity index (χ2v) is 18.9. The first-order chi connectivity index (χ1) is 33.6. The molecule has 0 bridgehead atoms. The van der Waals surface area contributed by atoms with Crippen molar-refractivity contribution in [3.05, 3.63) is 197 Å². The van der Waals surface area contributed by atoms with Gasteiger partial charge in [0.05, 0.1) is 22.7 Å². The van der Waals surface area contributed by atoms with Crippen LogP contribution in [0.1, 0.15) is 100 Å². The number of rotatable bonds is 13. The molecule has 0 atom stereocenters. The van der Waals surface area contributed by atoms with E-state index in [1.807, 2.05) is 0 Å². The summed E-state index contributed by atoms with van der Waals surface area (Å²) in [6, 6.07) is 50.9. The molecule has 10 rings (SSSR count). The average Bonchev–Trinajstić information content (AvgIpc) is 3.95. The van der Waals surface area contributed by atoms with Gasteiger partial charge in [0.1, 0.15) is 11.3 Å². The number of hydrogen-bond donors (Lipinski definition) is 0. The molecule has 0 aliphatic rings. The van der Waals surface area contributed by atoms with E-state index in [1.54, 1.807) is 0 Å². The highest BCUT2D eigenvalue weighted by Gasteiger charge is 2.28. The summed E-state index contributed by atoms with van der Waals surface area (Å²) in [6.07, 6.45) is 10.5. The molecule has 0 radical (unpaired) electrons. The molecule has 0 spiro atoms. The Morgan fingerprint density at radius 2 is 1.06 bits per heavy atom. The van der Waals surface area contributed by atoms with Gasteiger partial charge in [0.25, 0.3) is 0 Å². The maximum absolute atomic E-state index is 7.09. The Morgan fingerprint density at radius 3 is 1.65 bits per heavy atom. The van der Waals surface area contributed by atoms with Crippen LogP contribution in [0.15, 0.2) is 167 Å². The molecule has 69 heavy (non-hydrogen) atoms. The van der Waals surface area contributed by atoms with E-state index in [2.05, 4.69) is 243 Å². The highest BCUT2D eigenvalue weighted by Crippen LogP contribution is 2.51. The number of fused-ring (bicyclic) bond motifs is 7. The molecule has 0 unspecified atom stereocenters. The predicted octanol–water partition coefficient (Wildman–Crippen LogP) is 19.9. The molecule has 0 amide bonds. The van der Waals surface area contributed by atoms with E-state index in [0.717, 1.165) is 102 Å². The number of anilines is 6. The summed E-state index contributed by atoms with van der Waals surface area (Å²) in [7, 11) is 0. The van der Waals surface area contributed by atoms with Gasteiger partial charge in [0.2, 0.25) is 0 Å². The highest BCUT2D eigenvalue weighted by molar-refractivity contribution is 6.21. The Labute approximate surface area is 407 Å². The third-order valence-electron chi connectivity index (χ3n) is 14.1. The van der Waals surface area contributed by atoms with Gasteiger partial charge < -0.3 is 18.6 Å². The first-order valence-electron chi connectivity index (χ1n) is 24.8. The van der Waals surface area contributed by atoms with Crippen LogP contribution in [-0.2, 0) is 12.8 Å². The first-order valence-corrected chi connectivity index (χ1v) is 24.8. The lowest BCUT2D eigenvalue weighted by Gasteiger charge is -2.31. The standard InChI is InChI=1S/C65H62N2O2/c1-11-24-50-52-32-22-34-56(64(52)68-62(50)42(9)40(5)6)66(46-26-17-15-18-27-46)58-38-44(13-3)43(10)60-55(58)37-36-49-45(14-4)39-59(54(25-12-2)61(49)60)67(47-28-19-16-20-29-47)57-35-23-33-53-51-31-21-30-48(41(7)8)63(51)69-65(53)57/h11-12,15-41H,9,13-14H2,1-8,10H3/b24-11-,25-12-. The number of aryl methyl sites for hydroxylation is 3. The van der Waals surface area contributed by atoms with Crippen molar-refractivity contribution in [2.75, 3.05) is 9.80 Å². The van der Waals surface area contributed by atoms with E-state index < -0.39 is 0 Å². The van der Waals surface area contributed by atoms with E-state index in [1.165, 1.54) is 43.8 Å². The number of benzene rings is 8. The predicted molar refractivity (Wildman–Crippen MR) is 299 cm³/mol. The quantitative estimate of drug-likeness (QED) is 0.108. The summed E-state index contributed by atoms with van der Waals surface area (Å²) in [5.74, 6) is 1.37. The van der Waals surface area contributed by atoms with Crippen molar-refractivity contribution in [1.82, 2.24) is 0 Å². The minimum atomic E-state index is 0.219. The fraction of sp³-hybridized carbons (Fsp3) is 0.200. The van der Waals surface area contributed by atoms with Gasteiger partial charge in [-0.1, -0.05) is 163 Å². The molecule has 2 heterocycles. The normalized spacial score (nSPS) is 12.2. The van der Waals surface area contributed by atoms with Gasteiger partial charge in [-0.05, 0) is 138 Å². The maximum Gasteiger partial charge on any atom is 0.159 e. The van der Waals surface area contributed by atoms with Gasteiger partial charge in [-0.15, -0.1) is 0 Å². The molecular weight excluding hydrogens is 841 g/mol. The Balaban J connectivity index is 1.33. The van der Waals surface area contributed by atoms with Crippen molar-refractivity contribution in [1.29, 1.82) is 0 Å². The third-order valence-corrected chi connectivity index (χ3v) is 14.1. The molecule has 0 N–H and O–H groups in total. The Hall–Kier alpha value is -7.56. The summed E-state index contributed by atoms with van der Waals surface area (Å²) >= 11 is 0. The average molecular weight is 903 g/mol. The van der Waals surface area contributed by atoms with Crippen LogP contribution in [0.25, 0.3) is 72.2 Å². The fourth-order valence-electron chi connectivity index (χ4n) is 10.6. The van der Waals surface area contributed by atoms with Crippen LogP contribution in [0.2, 0.25) is 0 Å². The number of furan rings is 2. The largest absolute Gasteiger partial charge is 0.454 e. The van der Waals surface area contributed by atoms with Gasteiger partial charge in [-0.25, -0.2) is 0 Å². The van der Waals surface area contributed by atoms with Crippen LogP contribution in [0.5, 0.6) is 0 Å². The van der Waals surface area contributed by atoms with Gasteiger partial charge in [-0.2, -0.15) is 0 Å².